The largest absolute Gasteiger partial charge is 0.359 e. The van der Waals surface area contributed by atoms with Gasteiger partial charge in [-0.1, -0.05) is 36.8 Å². The second-order valence-electron chi connectivity index (χ2n) is 5.26. The smallest absolute Gasteiger partial charge is 0.224 e. The zero-order chi connectivity index (χ0) is 13.5. The van der Waals surface area contributed by atoms with E-state index in [1.165, 1.54) is 5.56 Å². The van der Waals surface area contributed by atoms with Crippen LogP contribution in [-0.2, 0) is 16.0 Å². The van der Waals surface area contributed by atoms with Crippen LogP contribution in [0.25, 0.3) is 0 Å². The van der Waals surface area contributed by atoms with E-state index < -0.39 is 0 Å². The first-order valence-corrected chi connectivity index (χ1v) is 7.18. The van der Waals surface area contributed by atoms with Crippen molar-refractivity contribution in [3.63, 3.8) is 0 Å². The van der Waals surface area contributed by atoms with Crippen LogP contribution in [0.3, 0.4) is 0 Å². The van der Waals surface area contributed by atoms with Crippen LogP contribution in [0.4, 0.5) is 0 Å². The Morgan fingerprint density at radius 2 is 2.05 bits per heavy atom. The van der Waals surface area contributed by atoms with Gasteiger partial charge in [-0.25, -0.2) is 0 Å². The number of aryl methyl sites for hydroxylation is 1. The fourth-order valence-electron chi connectivity index (χ4n) is 2.43. The molecule has 0 N–H and O–H groups in total. The van der Waals surface area contributed by atoms with E-state index in [9.17, 15) is 4.79 Å². The standard InChI is InChI=1S/C16H23NO2/c1-14-12-19-13-17(14)16(18)11-7-3-6-10-15-8-4-2-5-9-15/h2,4-5,8-9,14H,3,6-7,10-13H2,1H3/t14-/m1/s1. The molecule has 1 aliphatic rings. The van der Waals surface area contributed by atoms with Crippen molar-refractivity contribution in [1.82, 2.24) is 4.90 Å². The summed E-state index contributed by atoms with van der Waals surface area (Å²) in [6.45, 7) is 3.20. The average Bonchev–Trinajstić information content (AvgIpc) is 2.86. The van der Waals surface area contributed by atoms with Crippen molar-refractivity contribution in [2.24, 2.45) is 0 Å². The second-order valence-corrected chi connectivity index (χ2v) is 5.26. The molecular formula is C16H23NO2. The monoisotopic (exact) mass is 261 g/mol. The van der Waals surface area contributed by atoms with Gasteiger partial charge in [0.1, 0.15) is 6.73 Å². The average molecular weight is 261 g/mol. The van der Waals surface area contributed by atoms with E-state index in [4.69, 9.17) is 4.74 Å². The Hall–Kier alpha value is -1.35. The Kier molecular flexibility index (Phi) is 5.40. The first-order valence-electron chi connectivity index (χ1n) is 7.18. The first-order chi connectivity index (χ1) is 9.27. The molecule has 0 aromatic heterocycles. The van der Waals surface area contributed by atoms with Crippen molar-refractivity contribution in [1.29, 1.82) is 0 Å². The van der Waals surface area contributed by atoms with E-state index in [-0.39, 0.29) is 11.9 Å². The highest BCUT2D eigenvalue weighted by atomic mass is 16.5. The maximum Gasteiger partial charge on any atom is 0.224 e. The molecule has 0 unspecified atom stereocenters. The lowest BCUT2D eigenvalue weighted by atomic mass is 10.1. The van der Waals surface area contributed by atoms with Gasteiger partial charge in [-0.05, 0) is 31.7 Å². The molecule has 1 saturated heterocycles. The van der Waals surface area contributed by atoms with E-state index in [2.05, 4.69) is 24.3 Å². The summed E-state index contributed by atoms with van der Waals surface area (Å²) >= 11 is 0. The zero-order valence-electron chi connectivity index (χ0n) is 11.7. The van der Waals surface area contributed by atoms with Gasteiger partial charge in [-0.3, -0.25) is 4.79 Å². The van der Waals surface area contributed by atoms with Crippen LogP contribution in [-0.4, -0.2) is 30.2 Å². The van der Waals surface area contributed by atoms with E-state index in [0.29, 0.717) is 19.8 Å². The van der Waals surface area contributed by atoms with Crippen molar-refractivity contribution in [3.8, 4) is 0 Å². The van der Waals surface area contributed by atoms with Crippen LogP contribution in [0.5, 0.6) is 0 Å². The first kappa shape index (κ1) is 14.1. The van der Waals surface area contributed by atoms with E-state index in [1.54, 1.807) is 0 Å². The van der Waals surface area contributed by atoms with E-state index in [1.807, 2.05) is 17.9 Å². The lowest BCUT2D eigenvalue weighted by molar-refractivity contribution is -0.133. The Morgan fingerprint density at radius 1 is 1.26 bits per heavy atom. The number of benzene rings is 1. The molecule has 1 aromatic rings. The molecule has 1 fully saturated rings. The number of carbonyl (C=O) groups is 1. The quantitative estimate of drug-likeness (QED) is 0.737. The van der Waals surface area contributed by atoms with Crippen molar-refractivity contribution in [2.45, 2.75) is 45.1 Å². The van der Waals surface area contributed by atoms with Crippen molar-refractivity contribution >= 4 is 5.91 Å². The van der Waals surface area contributed by atoms with Crippen LogP contribution in [0.2, 0.25) is 0 Å². The maximum absolute atomic E-state index is 11.9. The number of rotatable bonds is 6. The number of carbonyl (C=O) groups excluding carboxylic acids is 1. The summed E-state index contributed by atoms with van der Waals surface area (Å²) in [6, 6.07) is 10.8. The number of ether oxygens (including phenoxy) is 1. The Balaban J connectivity index is 1.58. The van der Waals surface area contributed by atoms with Crippen molar-refractivity contribution in [3.05, 3.63) is 35.9 Å². The molecule has 0 spiro atoms. The minimum absolute atomic E-state index is 0.240. The van der Waals surface area contributed by atoms with Crippen LogP contribution < -0.4 is 0 Å². The van der Waals surface area contributed by atoms with Crippen LogP contribution in [0.1, 0.15) is 38.2 Å². The SMILES string of the molecule is C[C@@H]1COCN1C(=O)CCCCCc1ccccc1. The highest BCUT2D eigenvalue weighted by molar-refractivity contribution is 5.76. The topological polar surface area (TPSA) is 29.5 Å². The molecule has 1 heterocycles. The third-order valence-electron chi connectivity index (χ3n) is 3.64. The van der Waals surface area contributed by atoms with Gasteiger partial charge >= 0.3 is 0 Å². The fraction of sp³-hybridized carbons (Fsp3) is 0.562. The summed E-state index contributed by atoms with van der Waals surface area (Å²) in [6.07, 6.45) is 5.02. The summed E-state index contributed by atoms with van der Waals surface area (Å²) < 4.78 is 5.28. The molecule has 1 atom stereocenters. The predicted octanol–water partition coefficient (Wildman–Crippen LogP) is 2.99. The normalized spacial score (nSPS) is 18.8. The van der Waals surface area contributed by atoms with Gasteiger partial charge in [0, 0.05) is 6.42 Å². The molecule has 0 bridgehead atoms. The summed E-state index contributed by atoms with van der Waals surface area (Å²) in [5, 5.41) is 0. The Labute approximate surface area is 115 Å². The van der Waals surface area contributed by atoms with Crippen LogP contribution in [0.15, 0.2) is 30.3 Å². The predicted molar refractivity (Wildman–Crippen MR) is 75.7 cm³/mol. The molecule has 0 radical (unpaired) electrons. The molecule has 19 heavy (non-hydrogen) atoms. The van der Waals surface area contributed by atoms with Gasteiger partial charge in [0.15, 0.2) is 0 Å². The fourth-order valence-corrected chi connectivity index (χ4v) is 2.43. The number of hydrogen-bond acceptors (Lipinski definition) is 2. The molecule has 104 valence electrons. The molecule has 1 aromatic carbocycles. The number of nitrogens with zero attached hydrogens (tertiary/aromatic N) is 1. The van der Waals surface area contributed by atoms with Crippen molar-refractivity contribution < 1.29 is 9.53 Å². The van der Waals surface area contributed by atoms with E-state index >= 15 is 0 Å². The van der Waals surface area contributed by atoms with Gasteiger partial charge in [0.25, 0.3) is 0 Å². The lowest BCUT2D eigenvalue weighted by Crippen LogP contribution is -2.34. The lowest BCUT2D eigenvalue weighted by Gasteiger charge is -2.18. The number of amides is 1. The number of hydrogen-bond donors (Lipinski definition) is 0. The molecule has 1 aliphatic heterocycles. The minimum Gasteiger partial charge on any atom is -0.359 e. The molecular weight excluding hydrogens is 238 g/mol. The highest BCUT2D eigenvalue weighted by Gasteiger charge is 2.24. The Bertz CT molecular complexity index is 391. The third kappa shape index (κ3) is 4.35. The second kappa shape index (κ2) is 7.29. The summed E-state index contributed by atoms with van der Waals surface area (Å²) in [5.74, 6) is 0.240. The summed E-state index contributed by atoms with van der Waals surface area (Å²) in [5.41, 5.74) is 1.38. The van der Waals surface area contributed by atoms with Gasteiger partial charge in [-0.15, -0.1) is 0 Å². The molecule has 0 aliphatic carbocycles. The summed E-state index contributed by atoms with van der Waals surface area (Å²) in [7, 11) is 0. The van der Waals surface area contributed by atoms with Gasteiger partial charge in [-0.2, -0.15) is 0 Å². The maximum atomic E-state index is 11.9. The van der Waals surface area contributed by atoms with Crippen LogP contribution in [0, 0.1) is 0 Å². The van der Waals surface area contributed by atoms with Gasteiger partial charge in [0.2, 0.25) is 5.91 Å². The third-order valence-corrected chi connectivity index (χ3v) is 3.64. The summed E-state index contributed by atoms with van der Waals surface area (Å²) in [4.78, 5) is 13.8. The highest BCUT2D eigenvalue weighted by Crippen LogP contribution is 2.13. The minimum atomic E-state index is 0.240. The van der Waals surface area contributed by atoms with Crippen molar-refractivity contribution in [2.75, 3.05) is 13.3 Å². The molecule has 1 amide bonds. The Morgan fingerprint density at radius 3 is 2.74 bits per heavy atom. The molecule has 3 heteroatoms. The molecule has 0 saturated carbocycles. The van der Waals surface area contributed by atoms with Gasteiger partial charge < -0.3 is 9.64 Å². The van der Waals surface area contributed by atoms with Gasteiger partial charge in [0.05, 0.1) is 12.6 Å². The van der Waals surface area contributed by atoms with Crippen LogP contribution >= 0.6 is 0 Å². The number of unbranched alkanes of at least 4 members (excludes halogenated alkanes) is 2. The van der Waals surface area contributed by atoms with E-state index in [0.717, 1.165) is 25.7 Å². The zero-order valence-corrected chi connectivity index (χ0v) is 11.7. The molecule has 2 rings (SSSR count). The molecule has 3 nitrogen and oxygen atoms in total.